The van der Waals surface area contributed by atoms with Crippen LogP contribution in [0.2, 0.25) is 0 Å². The Labute approximate surface area is 374 Å². The van der Waals surface area contributed by atoms with Crippen molar-refractivity contribution < 1.29 is 28.9 Å². The van der Waals surface area contributed by atoms with Crippen LogP contribution in [0.4, 0.5) is 0 Å². The predicted octanol–water partition coefficient (Wildman–Crippen LogP) is 11.3. The summed E-state index contributed by atoms with van der Waals surface area (Å²) in [5, 5.41) is 26.7. The molecule has 0 atom stereocenters. The lowest BCUT2D eigenvalue weighted by Gasteiger charge is -2.12. The van der Waals surface area contributed by atoms with Crippen LogP contribution in [0.5, 0.6) is 0 Å². The van der Waals surface area contributed by atoms with Crippen LogP contribution in [0.1, 0.15) is 32.1 Å². The molecule has 14 nitrogen and oxygen atoms in total. The molecule has 66 heavy (non-hydrogen) atoms. The summed E-state index contributed by atoms with van der Waals surface area (Å²) in [6.45, 7) is 0. The fraction of sp³-hybridized carbons (Fsp3) is 0.0385. The van der Waals surface area contributed by atoms with Crippen molar-refractivity contribution in [1.82, 2.24) is 19.9 Å². The third-order valence-corrected chi connectivity index (χ3v) is 11.6. The Morgan fingerprint density at radius 3 is 0.985 bits per heavy atom. The number of methoxy groups -OCH3 is 2. The van der Waals surface area contributed by atoms with Crippen molar-refractivity contribution in [3.05, 3.63) is 200 Å². The van der Waals surface area contributed by atoms with Crippen LogP contribution in [0.3, 0.4) is 0 Å². The lowest BCUT2D eigenvalue weighted by molar-refractivity contribution is -0.405. The molecule has 2 N–H and O–H groups in total. The van der Waals surface area contributed by atoms with E-state index >= 15 is 0 Å². The first-order valence-electron chi connectivity index (χ1n) is 20.6. The van der Waals surface area contributed by atoms with E-state index in [0.29, 0.717) is 78.0 Å². The van der Waals surface area contributed by atoms with Gasteiger partial charge in [-0.1, -0.05) is 121 Å². The molecule has 5 aromatic carbocycles. The number of hydrogen-bond donors (Lipinski definition) is 2. The molecule has 0 amide bonds. The minimum atomic E-state index is -0.775. The Balaban J connectivity index is 1.52. The molecule has 10 rings (SSSR count). The Morgan fingerprint density at radius 2 is 0.712 bits per heavy atom. The van der Waals surface area contributed by atoms with Crippen LogP contribution in [-0.2, 0) is 9.47 Å². The van der Waals surface area contributed by atoms with Gasteiger partial charge in [0, 0.05) is 55.4 Å². The third kappa shape index (κ3) is 6.76. The monoisotopic (exact) mass is 870 g/mol. The van der Waals surface area contributed by atoms with E-state index in [0.717, 1.165) is 0 Å². The van der Waals surface area contributed by atoms with Crippen LogP contribution in [0.15, 0.2) is 158 Å². The average Bonchev–Trinajstić information content (AvgIpc) is 4.17. The molecule has 2 aliphatic rings. The van der Waals surface area contributed by atoms with Gasteiger partial charge in [-0.15, -0.1) is 0 Å². The molecule has 320 valence electrons. The number of hydrogen-bond acceptors (Lipinski definition) is 10. The zero-order valence-electron chi connectivity index (χ0n) is 35.1. The quantitative estimate of drug-likeness (QED) is 0.0842. The van der Waals surface area contributed by atoms with Gasteiger partial charge in [0.25, 0.3) is 0 Å². The number of nitrogens with zero attached hydrogens (tertiary/aromatic N) is 4. The number of carbonyl (C=O) groups excluding carboxylic acids is 2. The summed E-state index contributed by atoms with van der Waals surface area (Å²) >= 11 is 0. The molecule has 8 aromatic rings. The van der Waals surface area contributed by atoms with E-state index in [9.17, 15) is 29.8 Å². The summed E-state index contributed by atoms with van der Waals surface area (Å²) in [5.41, 5.74) is 5.49. The molecule has 0 fully saturated rings. The zero-order valence-corrected chi connectivity index (χ0v) is 35.1. The summed E-state index contributed by atoms with van der Waals surface area (Å²) in [6.07, 6.45) is 0. The van der Waals surface area contributed by atoms with Crippen molar-refractivity contribution in [3.63, 3.8) is 0 Å². The first kappa shape index (κ1) is 40.8. The van der Waals surface area contributed by atoms with Crippen LogP contribution >= 0.6 is 0 Å². The first-order valence-corrected chi connectivity index (χ1v) is 20.6. The predicted molar refractivity (Wildman–Crippen MR) is 251 cm³/mol. The maximum atomic E-state index is 13.6. The van der Waals surface area contributed by atoms with Crippen molar-refractivity contribution in [1.29, 1.82) is 0 Å². The number of H-pyrrole nitrogens is 2. The summed E-state index contributed by atoms with van der Waals surface area (Å²) in [6, 6.07) is 46.8. The van der Waals surface area contributed by atoms with E-state index in [2.05, 4.69) is 9.97 Å². The van der Waals surface area contributed by atoms with E-state index in [1.165, 1.54) is 14.2 Å². The molecule has 5 heterocycles. The fourth-order valence-electron chi connectivity index (χ4n) is 8.77. The van der Waals surface area contributed by atoms with Crippen LogP contribution in [0.25, 0.3) is 100 Å². The van der Waals surface area contributed by atoms with Crippen molar-refractivity contribution >= 4 is 45.4 Å². The maximum absolute atomic E-state index is 13.6. The number of esters is 2. The number of nitrogens with one attached hydrogen (secondary N) is 2. The van der Waals surface area contributed by atoms with E-state index in [1.807, 2.05) is 60.7 Å². The van der Waals surface area contributed by atoms with E-state index < -0.39 is 33.2 Å². The first-order chi connectivity index (χ1) is 32.2. The Bertz CT molecular complexity index is 3300. The fourth-order valence-corrected chi connectivity index (χ4v) is 8.77. The minimum Gasteiger partial charge on any atom is -0.465 e. The topological polar surface area (TPSA) is 196 Å². The molecule has 0 unspecified atom stereocenters. The van der Waals surface area contributed by atoms with Gasteiger partial charge in [0.2, 0.25) is 0 Å². The summed E-state index contributed by atoms with van der Waals surface area (Å²) in [5.74, 6) is -1.53. The number of nitro groups is 2. The highest BCUT2D eigenvalue weighted by molar-refractivity contribution is 6.11. The van der Waals surface area contributed by atoms with Crippen LogP contribution in [0, 0.1) is 20.2 Å². The van der Waals surface area contributed by atoms with Crippen molar-refractivity contribution in [2.75, 3.05) is 14.2 Å². The Kier molecular flexibility index (Phi) is 10.1. The number of carbonyl (C=O) groups is 2. The van der Waals surface area contributed by atoms with Gasteiger partial charge in [-0.05, 0) is 58.7 Å². The van der Waals surface area contributed by atoms with Gasteiger partial charge in [0.15, 0.2) is 11.4 Å². The van der Waals surface area contributed by atoms with Crippen molar-refractivity contribution in [2.24, 2.45) is 0 Å². The molecule has 0 saturated heterocycles. The highest BCUT2D eigenvalue weighted by atomic mass is 16.6. The maximum Gasteiger partial charge on any atom is 0.374 e. The molecule has 0 radical (unpaired) electrons. The summed E-state index contributed by atoms with van der Waals surface area (Å²) in [4.78, 5) is 69.7. The van der Waals surface area contributed by atoms with E-state index in [-0.39, 0.29) is 33.6 Å². The second-order valence-electron chi connectivity index (χ2n) is 15.3. The second-order valence-corrected chi connectivity index (χ2v) is 15.3. The van der Waals surface area contributed by atoms with Crippen LogP contribution in [-0.4, -0.2) is 55.9 Å². The number of ether oxygens (including phenoxy) is 2. The minimum absolute atomic E-state index is 0.0421. The number of aromatic amines is 2. The number of aromatic nitrogens is 4. The molecule has 3 aromatic heterocycles. The van der Waals surface area contributed by atoms with Gasteiger partial charge in [0.05, 0.1) is 46.6 Å². The molecular weight excluding hydrogens is 837 g/mol. The molecule has 14 heteroatoms. The molecule has 8 bridgehead atoms. The highest BCUT2D eigenvalue weighted by Gasteiger charge is 2.43. The molecule has 2 aliphatic heterocycles. The van der Waals surface area contributed by atoms with Gasteiger partial charge in [-0.2, -0.15) is 0 Å². The van der Waals surface area contributed by atoms with Crippen LogP contribution < -0.4 is 0 Å². The standard InChI is InChI=1S/C52H34N6O8/c1-65-51(59)35-27-33-34(28-36(35)52(60)66-2)46-42(30-17-9-4-10-18-30)38-24-26-40(54-38)44(32-21-13-6-14-22-32)48-50(58(63)64)49(57(61)62)47(56-48)43(31-19-11-5-12-20-31)39-25-23-37(53-39)41(45(33)55-46)29-15-7-3-8-16-29/h3-28,53-54H,1-2H3. The largest absolute Gasteiger partial charge is 0.465 e. The third-order valence-electron chi connectivity index (χ3n) is 11.6. The lowest BCUT2D eigenvalue weighted by Crippen LogP contribution is -2.12. The zero-order chi connectivity index (χ0) is 45.6. The number of fused-ring (bicyclic) bond motifs is 11. The van der Waals surface area contributed by atoms with Gasteiger partial charge >= 0.3 is 23.3 Å². The number of benzene rings is 5. The SMILES string of the molecule is COC(=O)c1cc2c(cc1C(=O)OC)-c1nc-2c(-c2ccccc2)c2ccc([nH]2)c(-c2ccccc2)c2nc(c(-c3ccccc3)c3ccc([nH]3)c1-c1ccccc1)C([N+](=O)[O-])=C2[N+](=O)[O-]. The Hall–Kier alpha value is -9.30. The molecular formula is C52H34N6O8. The Morgan fingerprint density at radius 1 is 0.439 bits per heavy atom. The van der Waals surface area contributed by atoms with E-state index in [4.69, 9.17) is 19.4 Å². The molecule has 0 spiro atoms. The highest BCUT2D eigenvalue weighted by Crippen LogP contribution is 2.49. The number of rotatable bonds is 8. The van der Waals surface area contributed by atoms with E-state index in [1.54, 1.807) is 97.1 Å². The van der Waals surface area contributed by atoms with Gasteiger partial charge in [-0.3, -0.25) is 20.2 Å². The summed E-state index contributed by atoms with van der Waals surface area (Å²) < 4.78 is 10.4. The van der Waals surface area contributed by atoms with Gasteiger partial charge in [-0.25, -0.2) is 19.6 Å². The van der Waals surface area contributed by atoms with Gasteiger partial charge < -0.3 is 19.4 Å². The van der Waals surface area contributed by atoms with Crippen molar-refractivity contribution in [3.8, 4) is 67.0 Å². The molecule has 0 saturated carbocycles. The molecule has 0 aliphatic carbocycles. The normalized spacial score (nSPS) is 11.8. The second kappa shape index (κ2) is 16.4. The van der Waals surface area contributed by atoms with Crippen molar-refractivity contribution in [2.45, 2.75) is 0 Å². The summed E-state index contributed by atoms with van der Waals surface area (Å²) in [7, 11) is 2.46. The average molecular weight is 871 g/mol. The van der Waals surface area contributed by atoms with Gasteiger partial charge in [0.1, 0.15) is 0 Å². The smallest absolute Gasteiger partial charge is 0.374 e. The lowest BCUT2D eigenvalue weighted by atomic mass is 9.91.